The minimum atomic E-state index is 0.679. The topological polar surface area (TPSA) is 27.0 Å². The first-order valence-corrected chi connectivity index (χ1v) is 8.41. The summed E-state index contributed by atoms with van der Waals surface area (Å²) >= 11 is 1.67. The zero-order valence-electron chi connectivity index (χ0n) is 11.4. The van der Waals surface area contributed by atoms with Crippen molar-refractivity contribution in [2.75, 3.05) is 17.7 Å². The van der Waals surface area contributed by atoms with Crippen LogP contribution >= 0.6 is 11.8 Å². The molecule has 0 spiro atoms. The molecule has 2 fully saturated rings. The highest BCUT2D eigenvalue weighted by molar-refractivity contribution is 7.98. The molecule has 0 N–H and O–H groups in total. The molecule has 1 aromatic carbocycles. The molecule has 1 aliphatic carbocycles. The van der Waals surface area contributed by atoms with Crippen molar-refractivity contribution in [2.45, 2.75) is 43.0 Å². The predicted octanol–water partition coefficient (Wildman–Crippen LogP) is 4.05. The van der Waals surface area contributed by atoms with E-state index in [1.165, 1.54) is 37.8 Å². The highest BCUT2D eigenvalue weighted by atomic mass is 32.2. The molecule has 19 heavy (non-hydrogen) atoms. The van der Waals surface area contributed by atoms with E-state index in [1.807, 2.05) is 6.26 Å². The lowest BCUT2D eigenvalue weighted by molar-refractivity contribution is 0.342. The second kappa shape index (κ2) is 5.46. The van der Waals surface area contributed by atoms with Gasteiger partial charge in [-0.2, -0.15) is 5.26 Å². The smallest absolute Gasteiger partial charge is 0.103 e. The largest absolute Gasteiger partial charge is 0.367 e. The molecule has 0 bridgehead atoms. The Kier molecular flexibility index (Phi) is 3.70. The number of fused-ring (bicyclic) bond motifs is 1. The minimum Gasteiger partial charge on any atom is -0.367 e. The molecule has 1 aromatic rings. The van der Waals surface area contributed by atoms with Gasteiger partial charge in [0, 0.05) is 17.5 Å². The van der Waals surface area contributed by atoms with Crippen molar-refractivity contribution in [3.05, 3.63) is 23.8 Å². The third kappa shape index (κ3) is 2.23. The molecule has 2 atom stereocenters. The van der Waals surface area contributed by atoms with Gasteiger partial charge >= 0.3 is 0 Å². The van der Waals surface area contributed by atoms with Crippen LogP contribution in [0.25, 0.3) is 0 Å². The molecule has 2 aliphatic rings. The van der Waals surface area contributed by atoms with E-state index >= 15 is 0 Å². The number of hydrogen-bond acceptors (Lipinski definition) is 3. The summed E-state index contributed by atoms with van der Waals surface area (Å²) in [5.74, 6) is 0.859. The van der Waals surface area contributed by atoms with Crippen LogP contribution in [-0.4, -0.2) is 18.8 Å². The quantitative estimate of drug-likeness (QED) is 0.760. The fourth-order valence-electron chi connectivity index (χ4n) is 3.75. The van der Waals surface area contributed by atoms with E-state index in [4.69, 9.17) is 0 Å². The molecule has 1 aliphatic heterocycles. The van der Waals surface area contributed by atoms with E-state index < -0.39 is 0 Å². The molecule has 3 rings (SSSR count). The molecular formula is C16H20N2S. The molecule has 3 heteroatoms. The maximum atomic E-state index is 9.50. The van der Waals surface area contributed by atoms with Crippen LogP contribution in [0.1, 0.15) is 37.7 Å². The summed E-state index contributed by atoms with van der Waals surface area (Å²) in [6, 6.07) is 9.39. The van der Waals surface area contributed by atoms with Gasteiger partial charge in [0.05, 0.1) is 11.3 Å². The maximum Gasteiger partial charge on any atom is 0.103 e. The van der Waals surface area contributed by atoms with Crippen molar-refractivity contribution < 1.29 is 0 Å². The highest BCUT2D eigenvalue weighted by Gasteiger charge is 2.36. The Hall–Kier alpha value is -1.14. The lowest BCUT2D eigenvalue weighted by Crippen LogP contribution is -2.35. The van der Waals surface area contributed by atoms with Gasteiger partial charge in [-0.05, 0) is 43.6 Å². The molecule has 1 saturated carbocycles. The molecular weight excluding hydrogens is 252 g/mol. The summed E-state index contributed by atoms with van der Waals surface area (Å²) in [5.41, 5.74) is 2.05. The molecule has 1 heterocycles. The van der Waals surface area contributed by atoms with E-state index in [-0.39, 0.29) is 0 Å². The standard InChI is InChI=1S/C16H20N2S/c1-19-16-8-4-7-15(13(16)11-17)18-10-9-12-5-2-3-6-14(12)18/h4,7-8,12,14H,2-3,5-6,9-10H2,1H3. The van der Waals surface area contributed by atoms with Gasteiger partial charge in [0.2, 0.25) is 0 Å². The average molecular weight is 272 g/mol. The summed E-state index contributed by atoms with van der Waals surface area (Å²) in [5, 5.41) is 9.50. The van der Waals surface area contributed by atoms with Gasteiger partial charge in [-0.15, -0.1) is 11.8 Å². The summed E-state index contributed by atoms with van der Waals surface area (Å²) in [4.78, 5) is 3.63. The molecule has 0 amide bonds. The van der Waals surface area contributed by atoms with Crippen LogP contribution in [0.5, 0.6) is 0 Å². The number of benzene rings is 1. The Balaban J connectivity index is 1.96. The van der Waals surface area contributed by atoms with Crippen LogP contribution in [0, 0.1) is 17.2 Å². The van der Waals surface area contributed by atoms with Crippen molar-refractivity contribution >= 4 is 17.4 Å². The first-order valence-electron chi connectivity index (χ1n) is 7.19. The van der Waals surface area contributed by atoms with Gasteiger partial charge in [0.15, 0.2) is 0 Å². The van der Waals surface area contributed by atoms with E-state index in [0.29, 0.717) is 6.04 Å². The van der Waals surface area contributed by atoms with Crippen molar-refractivity contribution in [3.63, 3.8) is 0 Å². The third-order valence-electron chi connectivity index (χ3n) is 4.66. The normalized spacial score (nSPS) is 26.0. The molecule has 1 saturated heterocycles. The Labute approximate surface area is 119 Å². The number of hydrogen-bond donors (Lipinski definition) is 0. The van der Waals surface area contributed by atoms with Gasteiger partial charge in [0.25, 0.3) is 0 Å². The number of nitriles is 1. The van der Waals surface area contributed by atoms with Crippen molar-refractivity contribution in [2.24, 2.45) is 5.92 Å². The Morgan fingerprint density at radius 2 is 2.11 bits per heavy atom. The monoisotopic (exact) mass is 272 g/mol. The van der Waals surface area contributed by atoms with Crippen LogP contribution in [0.2, 0.25) is 0 Å². The fourth-order valence-corrected chi connectivity index (χ4v) is 4.32. The minimum absolute atomic E-state index is 0.679. The lowest BCUT2D eigenvalue weighted by atomic mass is 9.85. The molecule has 2 unspecified atom stereocenters. The number of anilines is 1. The summed E-state index contributed by atoms with van der Waals surface area (Å²) in [6.07, 6.45) is 8.78. The van der Waals surface area contributed by atoms with Gasteiger partial charge in [-0.1, -0.05) is 18.9 Å². The highest BCUT2D eigenvalue weighted by Crippen LogP contribution is 2.41. The van der Waals surface area contributed by atoms with Crippen molar-refractivity contribution in [1.82, 2.24) is 0 Å². The number of nitrogens with zero attached hydrogens (tertiary/aromatic N) is 2. The Bertz CT molecular complexity index is 506. The van der Waals surface area contributed by atoms with E-state index in [1.54, 1.807) is 11.8 Å². The Morgan fingerprint density at radius 3 is 2.89 bits per heavy atom. The molecule has 2 nitrogen and oxygen atoms in total. The zero-order chi connectivity index (χ0) is 13.2. The Morgan fingerprint density at radius 1 is 1.26 bits per heavy atom. The van der Waals surface area contributed by atoms with E-state index in [2.05, 4.69) is 29.2 Å². The third-order valence-corrected chi connectivity index (χ3v) is 5.44. The van der Waals surface area contributed by atoms with Crippen molar-refractivity contribution in [1.29, 1.82) is 5.26 Å². The summed E-state index contributed by atoms with van der Waals surface area (Å²) in [7, 11) is 0. The summed E-state index contributed by atoms with van der Waals surface area (Å²) in [6.45, 7) is 1.13. The van der Waals surface area contributed by atoms with E-state index in [0.717, 1.165) is 22.9 Å². The zero-order valence-corrected chi connectivity index (χ0v) is 12.2. The van der Waals surface area contributed by atoms with E-state index in [9.17, 15) is 5.26 Å². The molecule has 100 valence electrons. The van der Waals surface area contributed by atoms with Crippen LogP contribution in [0.3, 0.4) is 0 Å². The van der Waals surface area contributed by atoms with Gasteiger partial charge in [-0.25, -0.2) is 0 Å². The number of rotatable bonds is 2. The predicted molar refractivity (Wildman–Crippen MR) is 80.6 cm³/mol. The van der Waals surface area contributed by atoms with Gasteiger partial charge < -0.3 is 4.90 Å². The maximum absolute atomic E-state index is 9.50. The number of thioether (sulfide) groups is 1. The summed E-state index contributed by atoms with van der Waals surface area (Å²) < 4.78 is 0. The SMILES string of the molecule is CSc1cccc(N2CCC3CCCCC32)c1C#N. The van der Waals surface area contributed by atoms with Crippen LogP contribution < -0.4 is 4.90 Å². The average Bonchev–Trinajstić information content (AvgIpc) is 2.90. The second-order valence-electron chi connectivity index (χ2n) is 5.56. The van der Waals surface area contributed by atoms with Crippen LogP contribution in [-0.2, 0) is 0 Å². The molecule has 0 radical (unpaired) electrons. The van der Waals surface area contributed by atoms with Gasteiger partial charge in [0.1, 0.15) is 6.07 Å². The van der Waals surface area contributed by atoms with Crippen LogP contribution in [0.15, 0.2) is 23.1 Å². The first-order chi connectivity index (χ1) is 9.35. The van der Waals surface area contributed by atoms with Crippen LogP contribution in [0.4, 0.5) is 5.69 Å². The molecule has 0 aromatic heterocycles. The fraction of sp³-hybridized carbons (Fsp3) is 0.562. The lowest BCUT2D eigenvalue weighted by Gasteiger charge is -2.33. The second-order valence-corrected chi connectivity index (χ2v) is 6.41. The van der Waals surface area contributed by atoms with Crippen molar-refractivity contribution in [3.8, 4) is 6.07 Å². The first kappa shape index (κ1) is 12.9. The van der Waals surface area contributed by atoms with Gasteiger partial charge in [-0.3, -0.25) is 0 Å².